The first-order chi connectivity index (χ1) is 18.8. The predicted octanol–water partition coefficient (Wildman–Crippen LogP) is -0.850. The van der Waals surface area contributed by atoms with E-state index in [1.165, 1.54) is 18.7 Å². The van der Waals surface area contributed by atoms with Crippen molar-refractivity contribution >= 4 is 47.3 Å². The quantitative estimate of drug-likeness (QED) is 0.0765. The number of hydrogen-bond acceptors (Lipinski definition) is 9. The van der Waals surface area contributed by atoms with Gasteiger partial charge in [-0.15, -0.1) is 0 Å². The van der Waals surface area contributed by atoms with Crippen LogP contribution in [0.15, 0.2) is 0 Å². The summed E-state index contributed by atoms with van der Waals surface area (Å²) in [5.41, 5.74) is 11.4. The average Bonchev–Trinajstić information content (AvgIpc) is 2.90. The number of amides is 4. The fourth-order valence-corrected chi connectivity index (χ4v) is 3.99. The molecule has 40 heavy (non-hydrogen) atoms. The Hall–Kier alpha value is -2.91. The molecule has 0 saturated carbocycles. The second kappa shape index (κ2) is 20.0. The summed E-state index contributed by atoms with van der Waals surface area (Å²) >= 11 is 1.41. The van der Waals surface area contributed by atoms with E-state index < -0.39 is 72.2 Å². The summed E-state index contributed by atoms with van der Waals surface area (Å²) in [6.07, 6.45) is 2.98. The van der Waals surface area contributed by atoms with Crippen LogP contribution >= 0.6 is 11.8 Å². The van der Waals surface area contributed by atoms with E-state index in [-0.39, 0.29) is 25.2 Å². The van der Waals surface area contributed by atoms with Crippen molar-refractivity contribution in [1.29, 1.82) is 0 Å². The van der Waals surface area contributed by atoms with Gasteiger partial charge in [-0.05, 0) is 63.5 Å². The molecule has 0 aromatic heterocycles. The lowest BCUT2D eigenvalue weighted by molar-refractivity contribution is -0.143. The number of carboxylic acid groups (broad SMARTS) is 2. The first-order valence-corrected chi connectivity index (χ1v) is 14.8. The Morgan fingerprint density at radius 2 is 1.32 bits per heavy atom. The number of thioether (sulfide) groups is 1. The van der Waals surface area contributed by atoms with Crippen LogP contribution in [0.25, 0.3) is 0 Å². The predicted molar refractivity (Wildman–Crippen MR) is 151 cm³/mol. The Morgan fingerprint density at radius 3 is 1.82 bits per heavy atom. The molecule has 0 aliphatic rings. The van der Waals surface area contributed by atoms with Crippen molar-refractivity contribution < 1.29 is 39.0 Å². The molecule has 0 unspecified atom stereocenters. The number of hydrogen-bond donors (Lipinski definition) is 8. The maximum absolute atomic E-state index is 13.2. The Labute approximate surface area is 239 Å². The van der Waals surface area contributed by atoms with Gasteiger partial charge in [-0.1, -0.05) is 20.3 Å². The maximum Gasteiger partial charge on any atom is 0.326 e. The molecule has 0 bridgehead atoms. The van der Waals surface area contributed by atoms with Gasteiger partial charge in [0.25, 0.3) is 0 Å². The van der Waals surface area contributed by atoms with Crippen LogP contribution in [-0.2, 0) is 28.8 Å². The lowest BCUT2D eigenvalue weighted by Crippen LogP contribution is -2.58. The second-order valence-electron chi connectivity index (χ2n) is 9.66. The van der Waals surface area contributed by atoms with Gasteiger partial charge in [0.2, 0.25) is 23.6 Å². The molecular formula is C25H46N6O8S. The van der Waals surface area contributed by atoms with E-state index in [0.29, 0.717) is 31.6 Å². The van der Waals surface area contributed by atoms with Crippen molar-refractivity contribution in [1.82, 2.24) is 21.3 Å². The SMILES string of the molecule is CC[C@H](C)[C@H](N)C(=O)N[C@@H](C)C(=O)N[C@@H](CCSC)C(=O)N[C@@H](CCC(=O)O)C(=O)N[C@@H](CCCCN)C(=O)O. The van der Waals surface area contributed by atoms with Gasteiger partial charge < -0.3 is 42.9 Å². The monoisotopic (exact) mass is 590 g/mol. The number of nitrogens with two attached hydrogens (primary N) is 2. The average molecular weight is 591 g/mol. The number of unbranched alkanes of at least 4 members (excludes halogenated alkanes) is 1. The Kier molecular flexibility index (Phi) is 18.6. The van der Waals surface area contributed by atoms with Crippen LogP contribution in [-0.4, -0.2) is 94.5 Å². The van der Waals surface area contributed by atoms with E-state index in [4.69, 9.17) is 16.6 Å². The number of nitrogens with one attached hydrogen (secondary N) is 4. The maximum atomic E-state index is 13.2. The van der Waals surface area contributed by atoms with Crippen LogP contribution in [0.1, 0.15) is 65.7 Å². The van der Waals surface area contributed by atoms with Crippen LogP contribution < -0.4 is 32.7 Å². The molecule has 0 heterocycles. The molecular weight excluding hydrogens is 544 g/mol. The van der Waals surface area contributed by atoms with Gasteiger partial charge in [-0.2, -0.15) is 11.8 Å². The molecule has 4 amide bonds. The van der Waals surface area contributed by atoms with E-state index in [9.17, 15) is 33.9 Å². The summed E-state index contributed by atoms with van der Waals surface area (Å²) in [7, 11) is 0. The van der Waals surface area contributed by atoms with E-state index in [0.717, 1.165) is 0 Å². The van der Waals surface area contributed by atoms with Gasteiger partial charge in [-0.25, -0.2) is 4.79 Å². The highest BCUT2D eigenvalue weighted by molar-refractivity contribution is 7.98. The fraction of sp³-hybridized carbons (Fsp3) is 0.760. The van der Waals surface area contributed by atoms with Crippen molar-refractivity contribution in [2.24, 2.45) is 17.4 Å². The molecule has 0 aliphatic carbocycles. The summed E-state index contributed by atoms with van der Waals surface area (Å²) < 4.78 is 0. The molecule has 14 nitrogen and oxygen atoms in total. The molecule has 0 aromatic carbocycles. The van der Waals surface area contributed by atoms with E-state index in [2.05, 4.69) is 21.3 Å². The Morgan fingerprint density at radius 1 is 0.775 bits per heavy atom. The fourth-order valence-electron chi connectivity index (χ4n) is 3.52. The zero-order valence-corrected chi connectivity index (χ0v) is 24.6. The highest BCUT2D eigenvalue weighted by atomic mass is 32.2. The van der Waals surface area contributed by atoms with Gasteiger partial charge in [0.1, 0.15) is 24.2 Å². The summed E-state index contributed by atoms with van der Waals surface area (Å²) in [6.45, 7) is 5.50. The molecule has 6 atom stereocenters. The first-order valence-electron chi connectivity index (χ1n) is 13.4. The van der Waals surface area contributed by atoms with Crippen molar-refractivity contribution in [3.05, 3.63) is 0 Å². The van der Waals surface area contributed by atoms with Crippen LogP contribution in [0.4, 0.5) is 0 Å². The molecule has 230 valence electrons. The van der Waals surface area contributed by atoms with E-state index in [1.807, 2.05) is 13.8 Å². The minimum absolute atomic E-state index is 0.106. The van der Waals surface area contributed by atoms with E-state index >= 15 is 0 Å². The second-order valence-corrected chi connectivity index (χ2v) is 10.6. The van der Waals surface area contributed by atoms with Crippen LogP contribution in [0.3, 0.4) is 0 Å². The summed E-state index contributed by atoms with van der Waals surface area (Å²) in [4.78, 5) is 74.0. The Balaban J connectivity index is 5.58. The summed E-state index contributed by atoms with van der Waals surface area (Å²) in [5.74, 6) is -4.89. The minimum atomic E-state index is -1.36. The normalized spacial score (nSPS) is 15.4. The number of carbonyl (C=O) groups is 6. The van der Waals surface area contributed by atoms with Crippen molar-refractivity contribution in [2.45, 2.75) is 95.9 Å². The van der Waals surface area contributed by atoms with E-state index in [1.54, 1.807) is 6.26 Å². The first kappa shape index (κ1) is 37.1. The van der Waals surface area contributed by atoms with Gasteiger partial charge in [0.15, 0.2) is 0 Å². The van der Waals surface area contributed by atoms with Crippen molar-refractivity contribution in [2.75, 3.05) is 18.6 Å². The number of rotatable bonds is 21. The molecule has 0 aliphatic heterocycles. The van der Waals surface area contributed by atoms with Gasteiger partial charge >= 0.3 is 11.9 Å². The largest absolute Gasteiger partial charge is 0.481 e. The van der Waals surface area contributed by atoms with Gasteiger partial charge in [-0.3, -0.25) is 24.0 Å². The highest BCUT2D eigenvalue weighted by Crippen LogP contribution is 2.08. The number of carboxylic acids is 2. The lowest BCUT2D eigenvalue weighted by atomic mass is 9.99. The summed E-state index contributed by atoms with van der Waals surface area (Å²) in [6, 6.07) is -5.54. The topological polar surface area (TPSA) is 243 Å². The van der Waals surface area contributed by atoms with Gasteiger partial charge in [0.05, 0.1) is 6.04 Å². The van der Waals surface area contributed by atoms with Crippen LogP contribution in [0, 0.1) is 5.92 Å². The highest BCUT2D eigenvalue weighted by Gasteiger charge is 2.31. The third kappa shape index (κ3) is 14.5. The molecule has 0 saturated heterocycles. The lowest BCUT2D eigenvalue weighted by Gasteiger charge is -2.26. The molecule has 0 fully saturated rings. The minimum Gasteiger partial charge on any atom is -0.481 e. The molecule has 0 radical (unpaired) electrons. The van der Waals surface area contributed by atoms with Gasteiger partial charge in [0, 0.05) is 6.42 Å². The number of carbonyl (C=O) groups excluding carboxylic acids is 4. The third-order valence-electron chi connectivity index (χ3n) is 6.40. The zero-order chi connectivity index (χ0) is 30.8. The molecule has 0 spiro atoms. The molecule has 0 rings (SSSR count). The van der Waals surface area contributed by atoms with Crippen LogP contribution in [0.2, 0.25) is 0 Å². The molecule has 0 aromatic rings. The molecule has 10 N–H and O–H groups in total. The number of aliphatic carboxylic acids is 2. The van der Waals surface area contributed by atoms with Crippen LogP contribution in [0.5, 0.6) is 0 Å². The standard InChI is InChI=1S/C25H46N6O8S/c1-5-14(2)20(27)24(37)28-15(3)21(34)29-17(11-13-40-4)23(36)30-16(9-10-19(32)33)22(35)31-18(25(38)39)8-6-7-12-26/h14-18,20H,5-13,26-27H2,1-4H3,(H,28,37)(H,29,34)(H,30,36)(H,31,35)(H,32,33)(H,38,39)/t14-,15-,16-,17-,18-,20-/m0/s1. The molecule has 15 heteroatoms. The zero-order valence-electron chi connectivity index (χ0n) is 23.7. The third-order valence-corrected chi connectivity index (χ3v) is 7.04. The Bertz CT molecular complexity index is 861. The van der Waals surface area contributed by atoms with Crippen molar-refractivity contribution in [3.8, 4) is 0 Å². The van der Waals surface area contributed by atoms with Crippen molar-refractivity contribution in [3.63, 3.8) is 0 Å². The summed E-state index contributed by atoms with van der Waals surface area (Å²) in [5, 5.41) is 28.5. The smallest absolute Gasteiger partial charge is 0.326 e.